The molecule has 2 aliphatic rings. The number of benzene rings is 2. The van der Waals surface area contributed by atoms with E-state index in [0.29, 0.717) is 32.4 Å². The molecule has 1 amide bonds. The van der Waals surface area contributed by atoms with Crippen LogP contribution in [0.3, 0.4) is 0 Å². The van der Waals surface area contributed by atoms with Crippen molar-refractivity contribution < 1.29 is 23.5 Å². The first-order valence-corrected chi connectivity index (χ1v) is 9.45. The molecular weight excluding hydrogens is 364 g/mol. The molecule has 0 aromatic heterocycles. The third-order valence-electron chi connectivity index (χ3n) is 6.14. The van der Waals surface area contributed by atoms with Gasteiger partial charge < -0.3 is 10.0 Å². The molecule has 0 spiro atoms. The number of halogens is 2. The maximum Gasteiger partial charge on any atom is 0.314 e. The number of carbonyl (C=O) groups excluding carboxylic acids is 1. The molecule has 4 nitrogen and oxygen atoms in total. The number of carbonyl (C=O) groups is 2. The second-order valence-corrected chi connectivity index (χ2v) is 7.66. The van der Waals surface area contributed by atoms with Gasteiger partial charge in [0, 0.05) is 30.5 Å². The highest BCUT2D eigenvalue weighted by Crippen LogP contribution is 2.50. The SMILES string of the molecule is O=C([C@H]1C[C@H]1c1c(F)cccc1F)N1CCC(C(=O)O)(c2ccccc2)CC1. The summed E-state index contributed by atoms with van der Waals surface area (Å²) < 4.78 is 27.9. The highest BCUT2D eigenvalue weighted by atomic mass is 19.1. The van der Waals surface area contributed by atoms with Gasteiger partial charge >= 0.3 is 5.97 Å². The lowest BCUT2D eigenvalue weighted by Crippen LogP contribution is -2.49. The van der Waals surface area contributed by atoms with Crippen LogP contribution in [0.4, 0.5) is 8.78 Å². The van der Waals surface area contributed by atoms with Crippen LogP contribution in [0.25, 0.3) is 0 Å². The Labute approximate surface area is 161 Å². The molecule has 1 saturated carbocycles. The van der Waals surface area contributed by atoms with Gasteiger partial charge in [-0.2, -0.15) is 0 Å². The normalized spacial score (nSPS) is 23.3. The fourth-order valence-corrected chi connectivity index (χ4v) is 4.38. The third kappa shape index (κ3) is 3.07. The molecule has 2 atom stereocenters. The summed E-state index contributed by atoms with van der Waals surface area (Å²) in [6.45, 7) is 0.645. The first-order valence-electron chi connectivity index (χ1n) is 9.45. The van der Waals surface area contributed by atoms with E-state index in [9.17, 15) is 23.5 Å². The molecule has 2 aromatic carbocycles. The number of nitrogens with zero attached hydrogens (tertiary/aromatic N) is 1. The zero-order valence-electron chi connectivity index (χ0n) is 15.3. The van der Waals surface area contributed by atoms with Crippen LogP contribution in [0, 0.1) is 17.6 Å². The minimum atomic E-state index is -1.00. The molecule has 1 heterocycles. The molecule has 0 radical (unpaired) electrons. The second kappa shape index (κ2) is 7.00. The topological polar surface area (TPSA) is 57.6 Å². The van der Waals surface area contributed by atoms with Crippen molar-refractivity contribution in [1.82, 2.24) is 4.90 Å². The van der Waals surface area contributed by atoms with Crippen LogP contribution in [-0.2, 0) is 15.0 Å². The number of hydrogen-bond donors (Lipinski definition) is 1. The maximum atomic E-state index is 14.0. The van der Waals surface area contributed by atoms with Crippen molar-refractivity contribution in [2.24, 2.45) is 5.92 Å². The highest BCUT2D eigenvalue weighted by molar-refractivity contribution is 5.85. The molecule has 28 heavy (non-hydrogen) atoms. The molecule has 1 aliphatic carbocycles. The Morgan fingerprint density at radius 3 is 2.14 bits per heavy atom. The van der Waals surface area contributed by atoms with Crippen molar-refractivity contribution in [1.29, 1.82) is 0 Å². The van der Waals surface area contributed by atoms with Gasteiger partial charge in [0.2, 0.25) is 5.91 Å². The van der Waals surface area contributed by atoms with E-state index in [2.05, 4.69) is 0 Å². The molecule has 2 aromatic rings. The minimum Gasteiger partial charge on any atom is -0.481 e. The molecule has 6 heteroatoms. The first kappa shape index (κ1) is 18.6. The fourth-order valence-electron chi connectivity index (χ4n) is 4.38. The van der Waals surface area contributed by atoms with Gasteiger partial charge in [0.25, 0.3) is 0 Å². The van der Waals surface area contributed by atoms with E-state index < -0.39 is 34.9 Å². The smallest absolute Gasteiger partial charge is 0.314 e. The summed E-state index contributed by atoms with van der Waals surface area (Å²) in [7, 11) is 0. The molecule has 1 saturated heterocycles. The monoisotopic (exact) mass is 385 g/mol. The fraction of sp³-hybridized carbons (Fsp3) is 0.364. The van der Waals surface area contributed by atoms with Gasteiger partial charge in [-0.1, -0.05) is 36.4 Å². The van der Waals surface area contributed by atoms with Crippen LogP contribution in [0.2, 0.25) is 0 Å². The summed E-state index contributed by atoms with van der Waals surface area (Å²) in [6.07, 6.45) is 1.07. The largest absolute Gasteiger partial charge is 0.481 e. The van der Waals surface area contributed by atoms with E-state index in [1.54, 1.807) is 4.90 Å². The Hall–Kier alpha value is -2.76. The van der Waals surface area contributed by atoms with Crippen molar-refractivity contribution in [2.75, 3.05) is 13.1 Å². The van der Waals surface area contributed by atoms with E-state index in [1.807, 2.05) is 30.3 Å². The molecule has 146 valence electrons. The molecule has 1 N–H and O–H groups in total. The van der Waals surface area contributed by atoms with Crippen molar-refractivity contribution in [3.63, 3.8) is 0 Å². The number of hydrogen-bond acceptors (Lipinski definition) is 2. The van der Waals surface area contributed by atoms with Crippen molar-refractivity contribution >= 4 is 11.9 Å². The van der Waals surface area contributed by atoms with E-state index in [4.69, 9.17) is 0 Å². The van der Waals surface area contributed by atoms with Gasteiger partial charge in [-0.05, 0) is 37.0 Å². The summed E-state index contributed by atoms with van der Waals surface area (Å²) in [5, 5.41) is 9.85. The van der Waals surface area contributed by atoms with E-state index in [0.717, 1.165) is 5.56 Å². The van der Waals surface area contributed by atoms with Gasteiger partial charge in [-0.15, -0.1) is 0 Å². The van der Waals surface area contributed by atoms with Gasteiger partial charge in [0.15, 0.2) is 0 Å². The average molecular weight is 385 g/mol. The number of likely N-dealkylation sites (tertiary alicyclic amines) is 1. The molecular formula is C22H21F2NO3. The molecule has 2 fully saturated rings. The predicted octanol–water partition coefficient (Wildman–Crippen LogP) is 3.71. The summed E-state index contributed by atoms with van der Waals surface area (Å²) in [5.41, 5.74) is -0.270. The first-order chi connectivity index (χ1) is 13.4. The molecule has 0 unspecified atom stereocenters. The average Bonchev–Trinajstić information content (AvgIpc) is 3.48. The quantitative estimate of drug-likeness (QED) is 0.873. The highest BCUT2D eigenvalue weighted by Gasteiger charge is 2.50. The summed E-state index contributed by atoms with van der Waals surface area (Å²) in [5.74, 6) is -3.13. The Morgan fingerprint density at radius 2 is 1.57 bits per heavy atom. The van der Waals surface area contributed by atoms with Gasteiger partial charge in [0.05, 0.1) is 5.41 Å². The number of carboxylic acids is 1. The number of rotatable bonds is 4. The summed E-state index contributed by atoms with van der Waals surface area (Å²) >= 11 is 0. The lowest BCUT2D eigenvalue weighted by Gasteiger charge is -2.39. The number of amides is 1. The van der Waals surface area contributed by atoms with Crippen LogP contribution in [0.15, 0.2) is 48.5 Å². The Bertz CT molecular complexity index is 887. The molecule has 0 bridgehead atoms. The number of aliphatic carboxylic acids is 1. The van der Waals surface area contributed by atoms with E-state index >= 15 is 0 Å². The zero-order chi connectivity index (χ0) is 19.9. The number of piperidine rings is 1. The van der Waals surface area contributed by atoms with Crippen molar-refractivity contribution in [3.8, 4) is 0 Å². The molecule has 1 aliphatic heterocycles. The van der Waals surface area contributed by atoms with Gasteiger partial charge in [0.1, 0.15) is 11.6 Å². The van der Waals surface area contributed by atoms with Crippen LogP contribution in [0.5, 0.6) is 0 Å². The van der Waals surface area contributed by atoms with E-state index in [1.165, 1.54) is 18.2 Å². The van der Waals surface area contributed by atoms with Gasteiger partial charge in [-0.25, -0.2) is 8.78 Å². The minimum absolute atomic E-state index is 0.0120. The van der Waals surface area contributed by atoms with Crippen LogP contribution < -0.4 is 0 Å². The Kier molecular flexibility index (Phi) is 4.65. The molecule has 4 rings (SSSR count). The third-order valence-corrected chi connectivity index (χ3v) is 6.14. The lowest BCUT2D eigenvalue weighted by atomic mass is 9.73. The second-order valence-electron chi connectivity index (χ2n) is 7.66. The standard InChI is InChI=1S/C22H21F2NO3/c23-17-7-4-8-18(24)19(17)15-13-16(15)20(26)25-11-9-22(10-12-25,21(27)28)14-5-2-1-3-6-14/h1-8,15-16H,9-13H2,(H,27,28)/t15-,16+/m1/s1. The van der Waals surface area contributed by atoms with Crippen LogP contribution in [-0.4, -0.2) is 35.0 Å². The predicted molar refractivity (Wildman–Crippen MR) is 98.8 cm³/mol. The van der Waals surface area contributed by atoms with Gasteiger partial charge in [-0.3, -0.25) is 9.59 Å². The Balaban J connectivity index is 1.46. The zero-order valence-corrected chi connectivity index (χ0v) is 15.3. The maximum absolute atomic E-state index is 14.0. The summed E-state index contributed by atoms with van der Waals surface area (Å²) in [6, 6.07) is 12.8. The van der Waals surface area contributed by atoms with E-state index in [-0.39, 0.29) is 11.5 Å². The van der Waals surface area contributed by atoms with Crippen molar-refractivity contribution in [2.45, 2.75) is 30.6 Å². The van der Waals surface area contributed by atoms with Crippen LogP contribution >= 0.6 is 0 Å². The Morgan fingerprint density at radius 1 is 0.964 bits per heavy atom. The van der Waals surface area contributed by atoms with Crippen LogP contribution in [0.1, 0.15) is 36.3 Å². The summed E-state index contributed by atoms with van der Waals surface area (Å²) in [4.78, 5) is 26.5. The number of carboxylic acid groups (broad SMARTS) is 1. The van der Waals surface area contributed by atoms with Crippen molar-refractivity contribution in [3.05, 3.63) is 71.3 Å². The lowest BCUT2D eigenvalue weighted by molar-refractivity contribution is -0.148.